The molecule has 2 heterocycles. The van der Waals surface area contributed by atoms with Crippen LogP contribution in [0.25, 0.3) is 10.8 Å². The lowest BCUT2D eigenvalue weighted by Gasteiger charge is -2.18. The number of aromatic nitrogens is 2. The van der Waals surface area contributed by atoms with E-state index in [0.717, 1.165) is 33.5 Å². The lowest BCUT2D eigenvalue weighted by Crippen LogP contribution is -2.38. The van der Waals surface area contributed by atoms with Crippen LogP contribution in [0.2, 0.25) is 0 Å². The highest BCUT2D eigenvalue weighted by Crippen LogP contribution is 2.26. The standard InChI is InChI=1S/C25H24N4O3/c1-2-3-20-21(8-9-23(20)30)29-22(25(31)32)14-16-4-6-18(7-5-16)28-24-19-11-12-26-15-17(19)10-13-27-24/h2,4-7,10-13,15,22,29H,1,3,8-9,14H2,(H,27,28)(H,31,32)/t22-/m0/s1. The molecule has 0 aliphatic heterocycles. The zero-order chi connectivity index (χ0) is 22.5. The van der Waals surface area contributed by atoms with Gasteiger partial charge >= 0.3 is 5.97 Å². The molecule has 4 rings (SSSR count). The fourth-order valence-electron chi connectivity index (χ4n) is 3.87. The predicted octanol–water partition coefficient (Wildman–Crippen LogP) is 4.15. The first kappa shape index (κ1) is 21.2. The van der Waals surface area contributed by atoms with E-state index in [0.29, 0.717) is 31.3 Å². The quantitative estimate of drug-likeness (QED) is 0.440. The van der Waals surface area contributed by atoms with E-state index in [2.05, 4.69) is 27.2 Å². The second-order valence-corrected chi connectivity index (χ2v) is 7.69. The third-order valence-electron chi connectivity index (χ3n) is 5.52. The number of hydrogen-bond donors (Lipinski definition) is 3. The number of carbonyl (C=O) groups excluding carboxylic acids is 1. The molecule has 0 unspecified atom stereocenters. The number of aliphatic carboxylic acids is 1. The number of ketones is 1. The van der Waals surface area contributed by atoms with Crippen LogP contribution < -0.4 is 10.6 Å². The van der Waals surface area contributed by atoms with Crippen molar-refractivity contribution in [2.75, 3.05) is 5.32 Å². The van der Waals surface area contributed by atoms with Gasteiger partial charge in [-0.2, -0.15) is 0 Å². The van der Waals surface area contributed by atoms with E-state index in [1.54, 1.807) is 24.7 Å². The second-order valence-electron chi connectivity index (χ2n) is 7.69. The van der Waals surface area contributed by atoms with Crippen LogP contribution in [0.4, 0.5) is 11.5 Å². The third-order valence-corrected chi connectivity index (χ3v) is 5.52. The van der Waals surface area contributed by atoms with E-state index in [1.165, 1.54) is 0 Å². The molecule has 1 aliphatic rings. The first-order chi connectivity index (χ1) is 15.5. The first-order valence-corrected chi connectivity index (χ1v) is 10.5. The van der Waals surface area contributed by atoms with Crippen LogP contribution in [0.3, 0.4) is 0 Å². The van der Waals surface area contributed by atoms with E-state index in [9.17, 15) is 14.7 Å². The Morgan fingerprint density at radius 1 is 1.16 bits per heavy atom. The van der Waals surface area contributed by atoms with E-state index < -0.39 is 12.0 Å². The van der Waals surface area contributed by atoms with Crippen molar-refractivity contribution in [2.24, 2.45) is 0 Å². The Morgan fingerprint density at radius 2 is 1.97 bits per heavy atom. The molecule has 0 bridgehead atoms. The molecule has 0 spiro atoms. The predicted molar refractivity (Wildman–Crippen MR) is 124 cm³/mol. The Kier molecular flexibility index (Phi) is 6.26. The summed E-state index contributed by atoms with van der Waals surface area (Å²) in [6.07, 6.45) is 8.62. The van der Waals surface area contributed by atoms with Gasteiger partial charge in [0.25, 0.3) is 0 Å². The lowest BCUT2D eigenvalue weighted by molar-refractivity contribution is -0.139. The van der Waals surface area contributed by atoms with Gasteiger partial charge < -0.3 is 15.7 Å². The third kappa shape index (κ3) is 4.67. The van der Waals surface area contributed by atoms with Crippen molar-refractivity contribution in [1.82, 2.24) is 15.3 Å². The van der Waals surface area contributed by atoms with Crippen molar-refractivity contribution in [3.8, 4) is 0 Å². The monoisotopic (exact) mass is 428 g/mol. The minimum absolute atomic E-state index is 0.0600. The Bertz CT molecular complexity index is 1200. The number of carboxylic acid groups (broad SMARTS) is 1. The van der Waals surface area contributed by atoms with Crippen LogP contribution in [0.5, 0.6) is 0 Å². The summed E-state index contributed by atoms with van der Waals surface area (Å²) in [6, 6.07) is 10.6. The molecular weight excluding hydrogens is 404 g/mol. The number of rotatable bonds is 9. The summed E-state index contributed by atoms with van der Waals surface area (Å²) in [4.78, 5) is 32.4. The average Bonchev–Trinajstić information content (AvgIpc) is 3.14. The molecule has 2 aromatic heterocycles. The fourth-order valence-corrected chi connectivity index (χ4v) is 3.87. The van der Waals surface area contributed by atoms with Gasteiger partial charge in [-0.1, -0.05) is 18.2 Å². The number of benzene rings is 1. The molecule has 1 atom stereocenters. The highest BCUT2D eigenvalue weighted by Gasteiger charge is 2.26. The van der Waals surface area contributed by atoms with Gasteiger partial charge in [-0.3, -0.25) is 9.78 Å². The van der Waals surface area contributed by atoms with Crippen molar-refractivity contribution in [3.63, 3.8) is 0 Å². The van der Waals surface area contributed by atoms with Crippen LogP contribution in [-0.2, 0) is 16.0 Å². The van der Waals surface area contributed by atoms with Gasteiger partial charge in [0.05, 0.1) is 0 Å². The molecule has 1 aliphatic carbocycles. The minimum atomic E-state index is -0.953. The molecule has 0 fully saturated rings. The van der Waals surface area contributed by atoms with Gasteiger partial charge in [0.1, 0.15) is 11.9 Å². The number of allylic oxidation sites excluding steroid dienone is 3. The largest absolute Gasteiger partial charge is 0.480 e. The highest BCUT2D eigenvalue weighted by molar-refractivity contribution is 5.99. The van der Waals surface area contributed by atoms with E-state index >= 15 is 0 Å². The number of pyridine rings is 2. The molecular formula is C25H24N4O3. The summed E-state index contributed by atoms with van der Waals surface area (Å²) in [5.74, 6) is -0.161. The molecule has 0 saturated carbocycles. The molecule has 0 saturated heterocycles. The lowest BCUT2D eigenvalue weighted by atomic mass is 10.0. The van der Waals surface area contributed by atoms with E-state index in [4.69, 9.17) is 0 Å². The fraction of sp³-hybridized carbons (Fsp3) is 0.200. The summed E-state index contributed by atoms with van der Waals surface area (Å²) < 4.78 is 0. The molecule has 7 heteroatoms. The maximum absolute atomic E-state index is 12.0. The van der Waals surface area contributed by atoms with Crippen molar-refractivity contribution >= 4 is 34.0 Å². The number of Topliss-reactive ketones (excluding diaryl/α,β-unsaturated/α-hetero) is 1. The van der Waals surface area contributed by atoms with Crippen LogP contribution >= 0.6 is 0 Å². The van der Waals surface area contributed by atoms with Crippen LogP contribution in [-0.4, -0.2) is 32.9 Å². The van der Waals surface area contributed by atoms with Crippen molar-refractivity contribution < 1.29 is 14.7 Å². The average molecular weight is 428 g/mol. The number of anilines is 2. The summed E-state index contributed by atoms with van der Waals surface area (Å²) in [6.45, 7) is 3.69. The molecule has 0 radical (unpaired) electrons. The molecule has 7 nitrogen and oxygen atoms in total. The number of fused-ring (bicyclic) bond motifs is 1. The van der Waals surface area contributed by atoms with Crippen molar-refractivity contribution in [3.05, 3.63) is 84.5 Å². The summed E-state index contributed by atoms with van der Waals surface area (Å²) in [5.41, 5.74) is 3.09. The summed E-state index contributed by atoms with van der Waals surface area (Å²) in [7, 11) is 0. The Balaban J connectivity index is 1.47. The van der Waals surface area contributed by atoms with Crippen LogP contribution in [0.1, 0.15) is 24.8 Å². The SMILES string of the molecule is C=CCC1=C(N[C@@H](Cc2ccc(Nc3nccc4cnccc34)cc2)C(=O)O)CCC1=O. The van der Waals surface area contributed by atoms with Gasteiger partial charge in [0.15, 0.2) is 5.78 Å². The number of carbonyl (C=O) groups is 2. The first-order valence-electron chi connectivity index (χ1n) is 10.5. The van der Waals surface area contributed by atoms with Crippen molar-refractivity contribution in [2.45, 2.75) is 31.7 Å². The molecule has 3 aromatic rings. The number of carboxylic acids is 1. The second kappa shape index (κ2) is 9.43. The molecule has 162 valence electrons. The van der Waals surface area contributed by atoms with E-state index in [-0.39, 0.29) is 5.78 Å². The smallest absolute Gasteiger partial charge is 0.326 e. The molecule has 1 aromatic carbocycles. The Hall–Kier alpha value is -4.00. The summed E-state index contributed by atoms with van der Waals surface area (Å²) in [5, 5.41) is 18.1. The number of nitrogens with one attached hydrogen (secondary N) is 2. The zero-order valence-electron chi connectivity index (χ0n) is 17.5. The number of nitrogens with zero attached hydrogens (tertiary/aromatic N) is 2. The van der Waals surface area contributed by atoms with Gasteiger partial charge in [0.2, 0.25) is 0 Å². The zero-order valence-corrected chi connectivity index (χ0v) is 17.5. The maximum Gasteiger partial charge on any atom is 0.326 e. The van der Waals surface area contributed by atoms with Crippen LogP contribution in [0.15, 0.2) is 78.9 Å². The van der Waals surface area contributed by atoms with Gasteiger partial charge in [-0.25, -0.2) is 9.78 Å². The van der Waals surface area contributed by atoms with Gasteiger partial charge in [0, 0.05) is 59.2 Å². The van der Waals surface area contributed by atoms with Gasteiger partial charge in [-0.15, -0.1) is 6.58 Å². The maximum atomic E-state index is 12.0. The van der Waals surface area contributed by atoms with Crippen LogP contribution in [0, 0.1) is 0 Å². The topological polar surface area (TPSA) is 104 Å². The van der Waals surface area contributed by atoms with Crippen molar-refractivity contribution in [1.29, 1.82) is 0 Å². The van der Waals surface area contributed by atoms with E-state index in [1.807, 2.05) is 36.4 Å². The molecule has 32 heavy (non-hydrogen) atoms. The molecule has 3 N–H and O–H groups in total. The van der Waals surface area contributed by atoms with Gasteiger partial charge in [-0.05, 0) is 42.7 Å². The summed E-state index contributed by atoms with van der Waals surface area (Å²) >= 11 is 0. The Labute approximate surface area is 185 Å². The Morgan fingerprint density at radius 3 is 2.72 bits per heavy atom. The highest BCUT2D eigenvalue weighted by atomic mass is 16.4. The normalized spacial score (nSPS) is 14.4. The molecule has 0 amide bonds. The number of hydrogen-bond acceptors (Lipinski definition) is 6. The minimum Gasteiger partial charge on any atom is -0.480 e.